The quantitative estimate of drug-likeness (QED) is 0.152. The van der Waals surface area contributed by atoms with Crippen molar-refractivity contribution < 1.29 is 33.7 Å². The molecule has 1 aliphatic heterocycles. The van der Waals surface area contributed by atoms with E-state index < -0.39 is 23.7 Å². The molecule has 0 aliphatic carbocycles. The second kappa shape index (κ2) is 11.9. The Labute approximate surface area is 240 Å². The minimum Gasteiger partial charge on any atom is -0.507 e. The lowest BCUT2D eigenvalue weighted by atomic mass is 9.85. The van der Waals surface area contributed by atoms with E-state index >= 15 is 0 Å². The topological polar surface area (TPSA) is 102 Å². The predicted octanol–water partition coefficient (Wildman–Crippen LogP) is 6.19. The Balaban J connectivity index is 1.95. The number of carbonyl (C=O) groups is 3. The second-order valence-corrected chi connectivity index (χ2v) is 10.6. The Morgan fingerprint density at radius 1 is 0.927 bits per heavy atom. The van der Waals surface area contributed by atoms with E-state index in [1.165, 1.54) is 18.1 Å². The summed E-state index contributed by atoms with van der Waals surface area (Å²) >= 11 is 0. The third-order valence-electron chi connectivity index (χ3n) is 6.90. The van der Waals surface area contributed by atoms with E-state index in [9.17, 15) is 19.5 Å². The van der Waals surface area contributed by atoms with Crippen molar-refractivity contribution in [3.8, 4) is 11.5 Å². The lowest BCUT2D eigenvalue weighted by Crippen LogP contribution is -2.29. The molecule has 1 fully saturated rings. The molecule has 4 rings (SSSR count). The van der Waals surface area contributed by atoms with E-state index in [-0.39, 0.29) is 27.9 Å². The monoisotopic (exact) mass is 557 g/mol. The molecular weight excluding hydrogens is 522 g/mol. The van der Waals surface area contributed by atoms with Gasteiger partial charge in [-0.15, -0.1) is 0 Å². The van der Waals surface area contributed by atoms with E-state index in [1.54, 1.807) is 43.3 Å². The molecule has 0 aromatic heterocycles. The fourth-order valence-corrected chi connectivity index (χ4v) is 4.85. The van der Waals surface area contributed by atoms with E-state index in [4.69, 9.17) is 14.2 Å². The molecule has 1 amide bonds. The Morgan fingerprint density at radius 3 is 2.22 bits per heavy atom. The zero-order chi connectivity index (χ0) is 29.9. The number of ketones is 1. The number of aliphatic hydroxyl groups excluding tert-OH is 1. The van der Waals surface area contributed by atoms with Crippen LogP contribution >= 0.6 is 0 Å². The number of hydrogen-bond donors (Lipinski definition) is 1. The Morgan fingerprint density at radius 2 is 1.61 bits per heavy atom. The number of aliphatic hydroxyl groups is 1. The number of Topliss-reactive ketones (excluding diaryl/α,β-unsaturated/α-hetero) is 1. The Bertz CT molecular complexity index is 1500. The molecule has 214 valence electrons. The third kappa shape index (κ3) is 5.82. The number of nitrogens with zero attached hydrogens (tertiary/aromatic N) is 1. The summed E-state index contributed by atoms with van der Waals surface area (Å²) in [6.45, 7) is 10.7. The SMILES string of the molecule is CCOc1ccc(/C(O)=C2/C(=O)C(=O)N(c3cccc(C(=O)OC)c3)C2c2ccc(C(C)(C)C)cc2)c(OCC)c1. The van der Waals surface area contributed by atoms with Crippen molar-refractivity contribution in [1.82, 2.24) is 0 Å². The summed E-state index contributed by atoms with van der Waals surface area (Å²) in [5.74, 6) is -1.77. The molecule has 0 saturated carbocycles. The number of methoxy groups -OCH3 is 1. The first-order chi connectivity index (χ1) is 19.5. The van der Waals surface area contributed by atoms with Gasteiger partial charge in [0.25, 0.3) is 11.7 Å². The number of carbonyl (C=O) groups excluding carboxylic acids is 3. The normalized spacial score (nSPS) is 16.5. The largest absolute Gasteiger partial charge is 0.507 e. The van der Waals surface area contributed by atoms with Crippen LogP contribution in [0, 0.1) is 0 Å². The van der Waals surface area contributed by atoms with Crippen LogP contribution in [-0.2, 0) is 19.7 Å². The van der Waals surface area contributed by atoms with Crippen LogP contribution in [-0.4, -0.2) is 43.1 Å². The number of anilines is 1. The van der Waals surface area contributed by atoms with Gasteiger partial charge in [-0.2, -0.15) is 0 Å². The summed E-state index contributed by atoms with van der Waals surface area (Å²) in [6.07, 6.45) is 0. The lowest BCUT2D eigenvalue weighted by molar-refractivity contribution is -0.132. The van der Waals surface area contributed by atoms with Crippen molar-refractivity contribution in [2.24, 2.45) is 0 Å². The first kappa shape index (κ1) is 29.4. The number of hydrogen-bond acceptors (Lipinski definition) is 7. The van der Waals surface area contributed by atoms with Gasteiger partial charge in [0, 0.05) is 11.8 Å². The molecule has 1 unspecified atom stereocenters. The van der Waals surface area contributed by atoms with E-state index in [0.717, 1.165) is 5.56 Å². The van der Waals surface area contributed by atoms with Gasteiger partial charge in [0.2, 0.25) is 0 Å². The van der Waals surface area contributed by atoms with Gasteiger partial charge < -0.3 is 19.3 Å². The van der Waals surface area contributed by atoms with Crippen LogP contribution in [0.1, 0.15) is 67.7 Å². The molecule has 3 aromatic rings. The molecule has 41 heavy (non-hydrogen) atoms. The fourth-order valence-electron chi connectivity index (χ4n) is 4.85. The summed E-state index contributed by atoms with van der Waals surface area (Å²) < 4.78 is 16.2. The van der Waals surface area contributed by atoms with E-state index in [0.29, 0.717) is 36.0 Å². The minimum absolute atomic E-state index is 0.0907. The van der Waals surface area contributed by atoms with Gasteiger partial charge in [0.05, 0.1) is 43.1 Å². The average Bonchev–Trinajstić information content (AvgIpc) is 3.22. The zero-order valence-corrected chi connectivity index (χ0v) is 24.2. The average molecular weight is 558 g/mol. The maximum absolute atomic E-state index is 13.7. The second-order valence-electron chi connectivity index (χ2n) is 10.6. The van der Waals surface area contributed by atoms with Crippen LogP contribution in [0.4, 0.5) is 5.69 Å². The van der Waals surface area contributed by atoms with Crippen LogP contribution in [0.2, 0.25) is 0 Å². The molecule has 1 N–H and O–H groups in total. The van der Waals surface area contributed by atoms with Gasteiger partial charge in [-0.3, -0.25) is 14.5 Å². The molecule has 0 radical (unpaired) electrons. The summed E-state index contributed by atoms with van der Waals surface area (Å²) in [5, 5.41) is 11.7. The van der Waals surface area contributed by atoms with E-state index in [2.05, 4.69) is 20.8 Å². The maximum Gasteiger partial charge on any atom is 0.337 e. The van der Waals surface area contributed by atoms with Crippen LogP contribution in [0.5, 0.6) is 11.5 Å². The summed E-state index contributed by atoms with van der Waals surface area (Å²) in [6, 6.07) is 17.8. The van der Waals surface area contributed by atoms with Crippen LogP contribution < -0.4 is 14.4 Å². The van der Waals surface area contributed by atoms with Crippen LogP contribution in [0.15, 0.2) is 72.3 Å². The maximum atomic E-state index is 13.7. The van der Waals surface area contributed by atoms with Gasteiger partial charge >= 0.3 is 5.97 Å². The van der Waals surface area contributed by atoms with Crippen molar-refractivity contribution in [3.63, 3.8) is 0 Å². The molecule has 1 saturated heterocycles. The summed E-state index contributed by atoms with van der Waals surface area (Å²) in [7, 11) is 1.27. The molecule has 8 nitrogen and oxygen atoms in total. The fraction of sp³-hybridized carbons (Fsp3) is 0.303. The highest BCUT2D eigenvalue weighted by atomic mass is 16.5. The summed E-state index contributed by atoms with van der Waals surface area (Å²) in [5.41, 5.74) is 2.26. The summed E-state index contributed by atoms with van der Waals surface area (Å²) in [4.78, 5) is 40.9. The molecule has 3 aromatic carbocycles. The number of rotatable bonds is 8. The van der Waals surface area contributed by atoms with Crippen molar-refractivity contribution in [2.75, 3.05) is 25.2 Å². The molecular formula is C33H35NO7. The highest BCUT2D eigenvalue weighted by Gasteiger charge is 2.47. The van der Waals surface area contributed by atoms with Gasteiger partial charge in [0.15, 0.2) is 0 Å². The van der Waals surface area contributed by atoms with Crippen LogP contribution in [0.3, 0.4) is 0 Å². The third-order valence-corrected chi connectivity index (χ3v) is 6.90. The van der Waals surface area contributed by atoms with Crippen molar-refractivity contribution in [3.05, 3.63) is 94.6 Å². The molecule has 1 aliphatic rings. The molecule has 0 spiro atoms. The lowest BCUT2D eigenvalue weighted by Gasteiger charge is -2.27. The number of amides is 1. The number of benzene rings is 3. The predicted molar refractivity (Wildman–Crippen MR) is 156 cm³/mol. The smallest absolute Gasteiger partial charge is 0.337 e. The molecule has 0 bridgehead atoms. The van der Waals surface area contributed by atoms with Crippen molar-refractivity contribution >= 4 is 29.1 Å². The first-order valence-electron chi connectivity index (χ1n) is 13.5. The molecule has 1 heterocycles. The standard InChI is InChI=1S/C33H35NO7/c1-7-40-24-16-17-25(26(19-24)41-8-2)29(35)27-28(20-12-14-22(15-13-20)33(3,4)5)34(31(37)30(27)36)23-11-9-10-21(18-23)32(38)39-6/h9-19,28,35H,7-8H2,1-6H3/b29-27-. The Hall–Kier alpha value is -4.59. The van der Waals surface area contributed by atoms with Gasteiger partial charge in [0.1, 0.15) is 17.3 Å². The van der Waals surface area contributed by atoms with E-state index in [1.807, 2.05) is 31.2 Å². The number of esters is 1. The Kier molecular flexibility index (Phi) is 8.52. The van der Waals surface area contributed by atoms with Gasteiger partial charge in [-0.25, -0.2) is 4.79 Å². The number of ether oxygens (including phenoxy) is 3. The first-order valence-corrected chi connectivity index (χ1v) is 13.5. The van der Waals surface area contributed by atoms with Crippen LogP contribution in [0.25, 0.3) is 5.76 Å². The minimum atomic E-state index is -0.974. The van der Waals surface area contributed by atoms with Crippen molar-refractivity contribution in [2.45, 2.75) is 46.1 Å². The highest BCUT2D eigenvalue weighted by Crippen LogP contribution is 2.44. The molecule has 1 atom stereocenters. The zero-order valence-electron chi connectivity index (χ0n) is 24.2. The van der Waals surface area contributed by atoms with Gasteiger partial charge in [-0.05, 0) is 60.7 Å². The van der Waals surface area contributed by atoms with Crippen molar-refractivity contribution in [1.29, 1.82) is 0 Å². The highest BCUT2D eigenvalue weighted by molar-refractivity contribution is 6.51. The molecule has 8 heteroatoms. The van der Waals surface area contributed by atoms with Gasteiger partial charge in [-0.1, -0.05) is 51.1 Å².